The van der Waals surface area contributed by atoms with Gasteiger partial charge in [0.2, 0.25) is 0 Å². The third kappa shape index (κ3) is 5.80. The molecule has 0 unspecified atom stereocenters. The van der Waals surface area contributed by atoms with Gasteiger partial charge in [-0.1, -0.05) is 6.92 Å². The van der Waals surface area contributed by atoms with Crippen LogP contribution in [0.1, 0.15) is 44.1 Å². The molecule has 3 heterocycles. The third-order valence-corrected chi connectivity index (χ3v) is 6.11. The van der Waals surface area contributed by atoms with Crippen molar-refractivity contribution in [3.05, 3.63) is 23.7 Å². The number of rotatable bonds is 8. The molecule has 2 atom stereocenters. The molecule has 0 spiro atoms. The average Bonchev–Trinajstić information content (AvgIpc) is 3.08. The molecule has 6 nitrogen and oxygen atoms in total. The fraction of sp³-hybridized carbons (Fsp3) is 0.762. The van der Waals surface area contributed by atoms with Crippen LogP contribution in [-0.2, 0) is 17.8 Å². The standard InChI is InChI=1S/C21H35N3O3/c1-3-4-18-6-7-19(27-18)16-23-10-9-20(17(15-23)5-8-21(25)26)24-13-11-22(2)12-14-24/h6-7,17,20H,3-5,8-16H2,1-2H3,(H,25,26)/t17-,20+/m0/s1. The maximum Gasteiger partial charge on any atom is 0.303 e. The van der Waals surface area contributed by atoms with Crippen LogP contribution in [0.3, 0.4) is 0 Å². The molecule has 2 saturated heterocycles. The zero-order valence-electron chi connectivity index (χ0n) is 16.9. The molecule has 0 saturated carbocycles. The number of furan rings is 1. The minimum atomic E-state index is -0.681. The molecule has 0 amide bonds. The van der Waals surface area contributed by atoms with Crippen LogP contribution in [-0.4, -0.2) is 78.1 Å². The van der Waals surface area contributed by atoms with Gasteiger partial charge in [0.05, 0.1) is 6.54 Å². The Morgan fingerprint density at radius 2 is 1.93 bits per heavy atom. The molecule has 0 radical (unpaired) electrons. The van der Waals surface area contributed by atoms with E-state index in [1.165, 1.54) is 0 Å². The van der Waals surface area contributed by atoms with E-state index in [-0.39, 0.29) is 6.42 Å². The first-order chi connectivity index (χ1) is 13.0. The fourth-order valence-electron chi connectivity index (χ4n) is 4.57. The van der Waals surface area contributed by atoms with E-state index in [2.05, 4.69) is 40.8 Å². The van der Waals surface area contributed by atoms with Crippen molar-refractivity contribution in [2.75, 3.05) is 46.3 Å². The lowest BCUT2D eigenvalue weighted by Crippen LogP contribution is -2.56. The Morgan fingerprint density at radius 1 is 1.19 bits per heavy atom. The molecule has 1 aromatic rings. The molecule has 2 aliphatic heterocycles. The average molecular weight is 378 g/mol. The molecule has 1 N–H and O–H groups in total. The highest BCUT2D eigenvalue weighted by Crippen LogP contribution is 2.28. The maximum absolute atomic E-state index is 11.2. The van der Waals surface area contributed by atoms with Gasteiger partial charge in [0.25, 0.3) is 0 Å². The SMILES string of the molecule is CCCc1ccc(CN2CC[C@@H](N3CCN(C)CC3)[C@@H](CCC(=O)O)C2)o1. The van der Waals surface area contributed by atoms with Gasteiger partial charge in [0.1, 0.15) is 11.5 Å². The monoisotopic (exact) mass is 377 g/mol. The van der Waals surface area contributed by atoms with Crippen molar-refractivity contribution >= 4 is 5.97 Å². The number of likely N-dealkylation sites (tertiary alicyclic amines) is 1. The number of hydrogen-bond donors (Lipinski definition) is 1. The number of piperazine rings is 1. The van der Waals surface area contributed by atoms with Gasteiger partial charge in [-0.15, -0.1) is 0 Å². The number of carbonyl (C=O) groups is 1. The summed E-state index contributed by atoms with van der Waals surface area (Å²) in [5, 5.41) is 9.18. The zero-order chi connectivity index (χ0) is 19.2. The molecule has 0 aliphatic carbocycles. The molecular formula is C21H35N3O3. The summed E-state index contributed by atoms with van der Waals surface area (Å²) in [4.78, 5) is 18.6. The third-order valence-electron chi connectivity index (χ3n) is 6.11. The van der Waals surface area contributed by atoms with Gasteiger partial charge >= 0.3 is 5.97 Å². The topological polar surface area (TPSA) is 60.2 Å². The second kappa shape index (κ2) is 9.71. The Bertz CT molecular complexity index is 595. The van der Waals surface area contributed by atoms with E-state index in [9.17, 15) is 9.90 Å². The van der Waals surface area contributed by atoms with Gasteiger partial charge in [0, 0.05) is 58.2 Å². The lowest BCUT2D eigenvalue weighted by molar-refractivity contribution is -0.137. The van der Waals surface area contributed by atoms with Gasteiger partial charge in [-0.25, -0.2) is 0 Å². The number of piperidine rings is 1. The number of likely N-dealkylation sites (N-methyl/N-ethyl adjacent to an activating group) is 1. The number of hydrogen-bond acceptors (Lipinski definition) is 5. The van der Waals surface area contributed by atoms with Crippen molar-refractivity contribution < 1.29 is 14.3 Å². The highest BCUT2D eigenvalue weighted by Gasteiger charge is 2.34. The highest BCUT2D eigenvalue weighted by molar-refractivity contribution is 5.66. The van der Waals surface area contributed by atoms with Crippen LogP contribution in [0.15, 0.2) is 16.5 Å². The molecule has 0 aromatic carbocycles. The van der Waals surface area contributed by atoms with Crippen LogP contribution in [0.5, 0.6) is 0 Å². The molecule has 2 aliphatic rings. The molecule has 152 valence electrons. The maximum atomic E-state index is 11.2. The number of aryl methyl sites for hydroxylation is 1. The van der Waals surface area contributed by atoms with E-state index < -0.39 is 5.97 Å². The number of nitrogens with zero attached hydrogens (tertiary/aromatic N) is 3. The fourth-order valence-corrected chi connectivity index (χ4v) is 4.57. The van der Waals surface area contributed by atoms with E-state index in [0.29, 0.717) is 12.0 Å². The molecule has 2 fully saturated rings. The smallest absolute Gasteiger partial charge is 0.303 e. The highest BCUT2D eigenvalue weighted by atomic mass is 16.4. The first kappa shape index (κ1) is 20.4. The molecule has 0 bridgehead atoms. The Hall–Kier alpha value is -1.37. The van der Waals surface area contributed by atoms with Gasteiger partial charge in [0.15, 0.2) is 0 Å². The predicted octanol–water partition coefficient (Wildman–Crippen LogP) is 2.53. The van der Waals surface area contributed by atoms with Crippen molar-refractivity contribution in [1.82, 2.24) is 14.7 Å². The normalized spacial score (nSPS) is 25.7. The molecular weight excluding hydrogens is 342 g/mol. The van der Waals surface area contributed by atoms with Crippen molar-refractivity contribution in [3.8, 4) is 0 Å². The van der Waals surface area contributed by atoms with Gasteiger partial charge in [-0.05, 0) is 44.4 Å². The Morgan fingerprint density at radius 3 is 2.63 bits per heavy atom. The van der Waals surface area contributed by atoms with Crippen LogP contribution >= 0.6 is 0 Å². The minimum Gasteiger partial charge on any atom is -0.481 e. The van der Waals surface area contributed by atoms with E-state index in [4.69, 9.17) is 4.42 Å². The Kier molecular flexibility index (Phi) is 7.33. The summed E-state index contributed by atoms with van der Waals surface area (Å²) in [6.07, 6.45) is 4.25. The second-order valence-corrected chi connectivity index (χ2v) is 8.24. The summed E-state index contributed by atoms with van der Waals surface area (Å²) in [6.45, 7) is 9.45. The van der Waals surface area contributed by atoms with E-state index in [1.54, 1.807) is 0 Å². The Labute approximate surface area is 163 Å². The number of aliphatic carboxylic acids is 1. The molecule has 1 aromatic heterocycles. The lowest BCUT2D eigenvalue weighted by atomic mass is 9.86. The van der Waals surface area contributed by atoms with E-state index in [0.717, 1.165) is 83.0 Å². The first-order valence-electron chi connectivity index (χ1n) is 10.5. The van der Waals surface area contributed by atoms with Crippen molar-refractivity contribution in [2.24, 2.45) is 5.92 Å². The summed E-state index contributed by atoms with van der Waals surface area (Å²) in [7, 11) is 2.18. The van der Waals surface area contributed by atoms with Crippen LogP contribution in [0, 0.1) is 5.92 Å². The van der Waals surface area contributed by atoms with Gasteiger partial charge in [-0.3, -0.25) is 14.6 Å². The molecule has 6 heteroatoms. The zero-order valence-corrected chi connectivity index (χ0v) is 16.9. The quantitative estimate of drug-likeness (QED) is 0.751. The van der Waals surface area contributed by atoms with Crippen molar-refractivity contribution in [3.63, 3.8) is 0 Å². The van der Waals surface area contributed by atoms with Crippen LogP contribution in [0.25, 0.3) is 0 Å². The molecule has 27 heavy (non-hydrogen) atoms. The van der Waals surface area contributed by atoms with Crippen LogP contribution in [0.2, 0.25) is 0 Å². The minimum absolute atomic E-state index is 0.268. The number of carboxylic acids is 1. The van der Waals surface area contributed by atoms with Crippen LogP contribution in [0.4, 0.5) is 0 Å². The summed E-state index contributed by atoms with van der Waals surface area (Å²) in [5.74, 6) is 1.85. The number of carboxylic acid groups (broad SMARTS) is 1. The van der Waals surface area contributed by atoms with Crippen LogP contribution < -0.4 is 0 Å². The second-order valence-electron chi connectivity index (χ2n) is 8.24. The van der Waals surface area contributed by atoms with E-state index >= 15 is 0 Å². The summed E-state index contributed by atoms with van der Waals surface area (Å²) >= 11 is 0. The first-order valence-corrected chi connectivity index (χ1v) is 10.5. The van der Waals surface area contributed by atoms with Gasteiger partial charge < -0.3 is 14.4 Å². The molecule has 3 rings (SSSR count). The van der Waals surface area contributed by atoms with Crippen molar-refractivity contribution in [2.45, 2.75) is 51.6 Å². The summed E-state index contributed by atoms with van der Waals surface area (Å²) in [6, 6.07) is 4.71. The Balaban J connectivity index is 1.60. The van der Waals surface area contributed by atoms with Gasteiger partial charge in [-0.2, -0.15) is 0 Å². The summed E-state index contributed by atoms with van der Waals surface area (Å²) in [5.41, 5.74) is 0. The largest absolute Gasteiger partial charge is 0.481 e. The summed E-state index contributed by atoms with van der Waals surface area (Å²) < 4.78 is 5.96. The van der Waals surface area contributed by atoms with Crippen molar-refractivity contribution in [1.29, 1.82) is 0 Å². The lowest BCUT2D eigenvalue weighted by Gasteiger charge is -2.46. The predicted molar refractivity (Wildman–Crippen MR) is 106 cm³/mol. The van der Waals surface area contributed by atoms with E-state index in [1.807, 2.05) is 0 Å².